The predicted octanol–water partition coefficient (Wildman–Crippen LogP) is 4.74. The second-order valence-electron chi connectivity index (χ2n) is 12.6. The van der Waals surface area contributed by atoms with Crippen LogP contribution >= 0.6 is 0 Å². The second kappa shape index (κ2) is 15.7. The Hall–Kier alpha value is -2.88. The van der Waals surface area contributed by atoms with E-state index in [0.717, 1.165) is 56.0 Å². The van der Waals surface area contributed by atoms with Gasteiger partial charge in [0.2, 0.25) is 0 Å². The Balaban J connectivity index is 1.53. The first-order valence-corrected chi connectivity index (χ1v) is 15.9. The normalized spacial score (nSPS) is 29.6. The molecule has 0 saturated carbocycles. The molecule has 1 N–H and O–H groups in total. The number of amides is 1. The molecule has 0 radical (unpaired) electrons. The van der Waals surface area contributed by atoms with Crippen LogP contribution in [0.1, 0.15) is 58.4 Å². The lowest BCUT2D eigenvalue weighted by atomic mass is 9.91. The molecule has 3 heterocycles. The van der Waals surface area contributed by atoms with Gasteiger partial charge in [-0.15, -0.1) is 0 Å². The van der Waals surface area contributed by atoms with Gasteiger partial charge in [0.1, 0.15) is 12.2 Å². The zero-order valence-corrected chi connectivity index (χ0v) is 26.6. The molecule has 1 amide bonds. The number of hydrogen-bond acceptors (Lipinski definition) is 8. The van der Waals surface area contributed by atoms with E-state index in [1.807, 2.05) is 32.9 Å². The van der Waals surface area contributed by atoms with E-state index in [1.54, 1.807) is 4.90 Å². The first-order chi connectivity index (χ1) is 20.6. The van der Waals surface area contributed by atoms with E-state index in [2.05, 4.69) is 54.2 Å². The smallest absolute Gasteiger partial charge is 0.410 e. The Morgan fingerprint density at radius 1 is 1.07 bits per heavy atom. The number of nitrogens with zero attached hydrogens (tertiary/aromatic N) is 3. The predicted molar refractivity (Wildman–Crippen MR) is 169 cm³/mol. The fourth-order valence-corrected chi connectivity index (χ4v) is 6.09. The zero-order chi connectivity index (χ0) is 30.9. The lowest BCUT2D eigenvalue weighted by Crippen LogP contribution is -2.48. The lowest BCUT2D eigenvalue weighted by Gasteiger charge is -2.33. The van der Waals surface area contributed by atoms with E-state index < -0.39 is 24.3 Å². The highest BCUT2D eigenvalue weighted by Crippen LogP contribution is 2.27. The van der Waals surface area contributed by atoms with Crippen molar-refractivity contribution in [2.24, 2.45) is 11.8 Å². The van der Waals surface area contributed by atoms with Gasteiger partial charge in [-0.2, -0.15) is 0 Å². The summed E-state index contributed by atoms with van der Waals surface area (Å²) in [5.74, 6) is -0.609. The van der Waals surface area contributed by atoms with E-state index in [9.17, 15) is 14.7 Å². The maximum atomic E-state index is 13.0. The molecule has 5 atom stereocenters. The van der Waals surface area contributed by atoms with Crippen molar-refractivity contribution in [2.75, 3.05) is 58.4 Å². The third-order valence-corrected chi connectivity index (χ3v) is 9.12. The molecule has 0 aromatic heterocycles. The second-order valence-corrected chi connectivity index (χ2v) is 12.6. The van der Waals surface area contributed by atoms with Gasteiger partial charge in [0, 0.05) is 64.1 Å². The Kier molecular flexibility index (Phi) is 12.1. The number of anilines is 1. The van der Waals surface area contributed by atoms with Crippen LogP contribution in [0.2, 0.25) is 0 Å². The van der Waals surface area contributed by atoms with Crippen molar-refractivity contribution in [1.82, 2.24) is 9.80 Å². The van der Waals surface area contributed by atoms with E-state index in [4.69, 9.17) is 14.2 Å². The number of ether oxygens (including phenoxy) is 3. The summed E-state index contributed by atoms with van der Waals surface area (Å²) in [5, 5.41) is 10.6. The Labute approximate surface area is 257 Å². The van der Waals surface area contributed by atoms with Gasteiger partial charge < -0.3 is 34.0 Å². The zero-order valence-electron chi connectivity index (χ0n) is 26.6. The number of hydrogen-bond donors (Lipinski definition) is 1. The van der Waals surface area contributed by atoms with Crippen LogP contribution in [0, 0.1) is 11.8 Å². The van der Waals surface area contributed by atoms with Gasteiger partial charge in [-0.3, -0.25) is 4.79 Å². The third kappa shape index (κ3) is 9.55. The summed E-state index contributed by atoms with van der Waals surface area (Å²) in [6, 6.07) is 8.84. The molecule has 3 aliphatic rings. The van der Waals surface area contributed by atoms with Crippen LogP contribution in [0.25, 0.3) is 6.08 Å². The number of aliphatic hydroxyl groups excluding tert-OH is 1. The number of esters is 1. The van der Waals surface area contributed by atoms with Gasteiger partial charge in [0.15, 0.2) is 0 Å². The van der Waals surface area contributed by atoms with Crippen molar-refractivity contribution in [3.8, 4) is 0 Å². The van der Waals surface area contributed by atoms with E-state index >= 15 is 0 Å². The van der Waals surface area contributed by atoms with Gasteiger partial charge in [-0.1, -0.05) is 38.1 Å². The molecule has 0 unspecified atom stereocenters. The molecule has 1 aromatic rings. The first kappa shape index (κ1) is 33.0. The molecule has 2 saturated heterocycles. The molecule has 238 valence electrons. The third-order valence-electron chi connectivity index (χ3n) is 9.12. The minimum Gasteiger partial charge on any atom is -0.457 e. The lowest BCUT2D eigenvalue weighted by molar-refractivity contribution is -0.151. The number of cyclic esters (lactones) is 1. The summed E-state index contributed by atoms with van der Waals surface area (Å²) in [5.41, 5.74) is 3.07. The minimum absolute atomic E-state index is 0.0180. The average Bonchev–Trinajstić information content (AvgIpc) is 3.00. The highest BCUT2D eigenvalue weighted by Gasteiger charge is 2.29. The average molecular weight is 598 g/mol. The maximum absolute atomic E-state index is 13.0. The van der Waals surface area contributed by atoms with Crippen molar-refractivity contribution in [3.05, 3.63) is 47.6 Å². The topological polar surface area (TPSA) is 91.8 Å². The van der Waals surface area contributed by atoms with Crippen LogP contribution in [-0.2, 0) is 19.0 Å². The number of carbonyl (C=O) groups excluding carboxylic acids is 2. The highest BCUT2D eigenvalue weighted by molar-refractivity contribution is 5.71. The van der Waals surface area contributed by atoms with Crippen LogP contribution in [0.15, 0.2) is 42.0 Å². The van der Waals surface area contributed by atoms with Gasteiger partial charge in [-0.05, 0) is 74.9 Å². The van der Waals surface area contributed by atoms with Gasteiger partial charge >= 0.3 is 12.1 Å². The monoisotopic (exact) mass is 597 g/mol. The number of aliphatic hydroxyl groups is 1. The minimum atomic E-state index is -0.815. The fraction of sp³-hybridized carbons (Fsp3) is 0.647. The number of carbonyl (C=O) groups is 2. The number of benzene rings is 1. The summed E-state index contributed by atoms with van der Waals surface area (Å²) in [6.07, 6.45) is 6.91. The Bertz CT molecular complexity index is 1120. The number of rotatable bonds is 5. The van der Waals surface area contributed by atoms with Gasteiger partial charge in [0.25, 0.3) is 0 Å². The summed E-state index contributed by atoms with van der Waals surface area (Å²) in [4.78, 5) is 32.2. The van der Waals surface area contributed by atoms with Crippen LogP contribution in [-0.4, -0.2) is 105 Å². The summed E-state index contributed by atoms with van der Waals surface area (Å²) in [7, 11) is 4.18. The Morgan fingerprint density at radius 2 is 1.79 bits per heavy atom. The molecule has 4 rings (SSSR count). The van der Waals surface area contributed by atoms with Crippen molar-refractivity contribution in [2.45, 2.75) is 77.2 Å². The molecular weight excluding hydrogens is 546 g/mol. The molecule has 0 bridgehead atoms. The van der Waals surface area contributed by atoms with E-state index in [0.29, 0.717) is 32.0 Å². The molecule has 9 heteroatoms. The van der Waals surface area contributed by atoms with Gasteiger partial charge in [0.05, 0.1) is 12.5 Å². The molecule has 43 heavy (non-hydrogen) atoms. The van der Waals surface area contributed by atoms with Crippen molar-refractivity contribution in [3.63, 3.8) is 0 Å². The molecule has 1 aromatic carbocycles. The van der Waals surface area contributed by atoms with Crippen molar-refractivity contribution in [1.29, 1.82) is 0 Å². The van der Waals surface area contributed by atoms with Crippen LogP contribution in [0.5, 0.6) is 0 Å². The maximum Gasteiger partial charge on any atom is 0.410 e. The number of likely N-dealkylation sites (N-methyl/N-ethyl adjacent to an activating group) is 1. The Morgan fingerprint density at radius 3 is 2.51 bits per heavy atom. The summed E-state index contributed by atoms with van der Waals surface area (Å²) < 4.78 is 17.6. The van der Waals surface area contributed by atoms with Crippen LogP contribution < -0.4 is 4.90 Å². The SMILES string of the molecule is C/C(=C\c1cccc(N(C)C2CCOCC2)c1)[C@H]1OC(=O)C[C@H](O)CC[C@H](C)[C@H](OC(=O)N2CCN(C)CC2)/C=C/[C@@H]1C. The fourth-order valence-electron chi connectivity index (χ4n) is 6.09. The molecular formula is C34H51N3O6. The van der Waals surface area contributed by atoms with E-state index in [-0.39, 0.29) is 24.3 Å². The molecule has 2 fully saturated rings. The molecule has 3 aliphatic heterocycles. The van der Waals surface area contributed by atoms with E-state index in [1.165, 1.54) is 0 Å². The summed E-state index contributed by atoms with van der Waals surface area (Å²) in [6.45, 7) is 10.5. The largest absolute Gasteiger partial charge is 0.457 e. The van der Waals surface area contributed by atoms with Crippen molar-refractivity contribution >= 4 is 23.8 Å². The molecule has 0 spiro atoms. The highest BCUT2D eigenvalue weighted by atomic mass is 16.6. The van der Waals surface area contributed by atoms with Crippen molar-refractivity contribution < 1.29 is 28.9 Å². The molecule has 0 aliphatic carbocycles. The van der Waals surface area contributed by atoms with Crippen LogP contribution in [0.4, 0.5) is 10.5 Å². The number of piperazine rings is 1. The quantitative estimate of drug-likeness (QED) is 0.385. The molecule has 9 nitrogen and oxygen atoms in total. The van der Waals surface area contributed by atoms with Crippen LogP contribution in [0.3, 0.4) is 0 Å². The standard InChI is InChI=1S/C34H51N3O6/c1-24-9-11-30(38)23-32(39)43-33(25(2)10-12-31(24)42-34(40)37-17-15-35(4)16-18-37)26(3)21-27-7-6-8-29(22-27)36(5)28-13-19-41-20-14-28/h6-8,10,12,21-22,24-25,28,30-31,33,38H,9,11,13-20,23H2,1-5H3/b12-10+,26-21+/t24-,25-,30+,31+,33-/m0/s1. The summed E-state index contributed by atoms with van der Waals surface area (Å²) >= 11 is 0. The first-order valence-electron chi connectivity index (χ1n) is 15.9. The van der Waals surface area contributed by atoms with Gasteiger partial charge in [-0.25, -0.2) is 4.79 Å².